The van der Waals surface area contributed by atoms with Gasteiger partial charge in [-0.05, 0) is 40.9 Å². The maximum atomic E-state index is 12.4. The van der Waals surface area contributed by atoms with Gasteiger partial charge in [0, 0.05) is 12.1 Å². The van der Waals surface area contributed by atoms with Crippen LogP contribution in [0.25, 0.3) is 0 Å². The van der Waals surface area contributed by atoms with Crippen molar-refractivity contribution in [2.45, 2.75) is 32.2 Å². The van der Waals surface area contributed by atoms with Crippen LogP contribution in [0.5, 0.6) is 11.5 Å². The molecule has 0 aromatic heterocycles. The highest BCUT2D eigenvalue weighted by Gasteiger charge is 2.28. The van der Waals surface area contributed by atoms with Crippen molar-refractivity contribution in [3.63, 3.8) is 0 Å². The molecule has 0 saturated carbocycles. The fourth-order valence-electron chi connectivity index (χ4n) is 2.18. The highest BCUT2D eigenvalue weighted by molar-refractivity contribution is 9.10. The minimum absolute atomic E-state index is 0.154. The van der Waals surface area contributed by atoms with Gasteiger partial charge in [0.25, 0.3) is 5.91 Å². The standard InChI is InChI=1S/C14H19BrN2O3/c1-3-14(4-2,7-16)17-13(18)9-5-10(15)12-11(6-9)19-8-20-12/h5-6H,3-4,7-8,16H2,1-2H3,(H,17,18). The van der Waals surface area contributed by atoms with Crippen molar-refractivity contribution in [3.8, 4) is 11.5 Å². The van der Waals surface area contributed by atoms with Crippen molar-refractivity contribution in [2.24, 2.45) is 5.73 Å². The van der Waals surface area contributed by atoms with Gasteiger partial charge in [-0.25, -0.2) is 0 Å². The lowest BCUT2D eigenvalue weighted by Gasteiger charge is -2.31. The number of amides is 1. The van der Waals surface area contributed by atoms with Crippen LogP contribution in [-0.4, -0.2) is 24.8 Å². The molecule has 0 unspecified atom stereocenters. The van der Waals surface area contributed by atoms with E-state index in [9.17, 15) is 4.79 Å². The van der Waals surface area contributed by atoms with Crippen LogP contribution in [0, 0.1) is 0 Å². The number of hydrogen-bond donors (Lipinski definition) is 2. The van der Waals surface area contributed by atoms with Crippen molar-refractivity contribution >= 4 is 21.8 Å². The van der Waals surface area contributed by atoms with Gasteiger partial charge in [0.15, 0.2) is 11.5 Å². The maximum Gasteiger partial charge on any atom is 0.251 e. The number of rotatable bonds is 5. The summed E-state index contributed by atoms with van der Waals surface area (Å²) in [5.74, 6) is 1.06. The molecule has 0 atom stereocenters. The molecule has 1 aliphatic heterocycles. The molecule has 1 heterocycles. The summed E-state index contributed by atoms with van der Waals surface area (Å²) < 4.78 is 11.3. The number of halogens is 1. The number of carbonyl (C=O) groups excluding carboxylic acids is 1. The van der Waals surface area contributed by atoms with Gasteiger partial charge in [-0.2, -0.15) is 0 Å². The third kappa shape index (κ3) is 2.76. The lowest BCUT2D eigenvalue weighted by Crippen LogP contribution is -2.52. The van der Waals surface area contributed by atoms with Gasteiger partial charge in [-0.15, -0.1) is 0 Å². The zero-order chi connectivity index (χ0) is 14.8. The molecule has 0 aliphatic carbocycles. The molecule has 110 valence electrons. The van der Waals surface area contributed by atoms with Gasteiger partial charge < -0.3 is 20.5 Å². The van der Waals surface area contributed by atoms with Crippen LogP contribution in [0.15, 0.2) is 16.6 Å². The molecule has 0 radical (unpaired) electrons. The van der Waals surface area contributed by atoms with E-state index in [1.807, 2.05) is 13.8 Å². The Morgan fingerprint density at radius 1 is 1.40 bits per heavy atom. The molecule has 0 saturated heterocycles. The number of ether oxygens (including phenoxy) is 2. The Hall–Kier alpha value is -1.27. The van der Waals surface area contributed by atoms with E-state index in [2.05, 4.69) is 21.2 Å². The van der Waals surface area contributed by atoms with Crippen molar-refractivity contribution in [1.29, 1.82) is 0 Å². The number of nitrogens with one attached hydrogen (secondary N) is 1. The minimum atomic E-state index is -0.361. The minimum Gasteiger partial charge on any atom is -0.454 e. The first kappa shape index (κ1) is 15.1. The third-order valence-electron chi connectivity index (χ3n) is 3.81. The first-order valence-electron chi connectivity index (χ1n) is 6.67. The predicted octanol–water partition coefficient (Wildman–Crippen LogP) is 2.43. The summed E-state index contributed by atoms with van der Waals surface area (Å²) in [7, 11) is 0. The van der Waals surface area contributed by atoms with Crippen molar-refractivity contribution in [2.75, 3.05) is 13.3 Å². The Kier molecular flexibility index (Phi) is 4.55. The van der Waals surface area contributed by atoms with Gasteiger partial charge in [-0.3, -0.25) is 4.79 Å². The van der Waals surface area contributed by atoms with E-state index in [1.165, 1.54) is 0 Å². The summed E-state index contributed by atoms with van der Waals surface area (Å²) in [5.41, 5.74) is 5.97. The van der Waals surface area contributed by atoms with Crippen LogP contribution in [0.2, 0.25) is 0 Å². The van der Waals surface area contributed by atoms with E-state index in [0.29, 0.717) is 28.1 Å². The van der Waals surface area contributed by atoms with Crippen LogP contribution in [0.4, 0.5) is 0 Å². The molecule has 0 spiro atoms. The second-order valence-corrected chi connectivity index (χ2v) is 5.69. The molecular formula is C14H19BrN2O3. The fraction of sp³-hybridized carbons (Fsp3) is 0.500. The molecule has 1 aliphatic rings. The second kappa shape index (κ2) is 6.01. The summed E-state index contributed by atoms with van der Waals surface area (Å²) in [5, 5.41) is 3.03. The average Bonchev–Trinajstić information content (AvgIpc) is 2.93. The van der Waals surface area contributed by atoms with Crippen LogP contribution in [0.3, 0.4) is 0 Å². The van der Waals surface area contributed by atoms with Gasteiger partial charge in [-0.1, -0.05) is 13.8 Å². The zero-order valence-electron chi connectivity index (χ0n) is 11.7. The molecule has 2 rings (SSSR count). The van der Waals surface area contributed by atoms with Crippen LogP contribution < -0.4 is 20.5 Å². The molecular weight excluding hydrogens is 324 g/mol. The number of benzene rings is 1. The lowest BCUT2D eigenvalue weighted by molar-refractivity contribution is 0.0894. The Morgan fingerprint density at radius 2 is 2.10 bits per heavy atom. The van der Waals surface area contributed by atoms with Crippen LogP contribution >= 0.6 is 15.9 Å². The molecule has 1 aromatic carbocycles. The Balaban J connectivity index is 2.24. The topological polar surface area (TPSA) is 73.6 Å². The van der Waals surface area contributed by atoms with Crippen LogP contribution in [-0.2, 0) is 0 Å². The van der Waals surface area contributed by atoms with Crippen molar-refractivity contribution in [3.05, 3.63) is 22.2 Å². The highest BCUT2D eigenvalue weighted by atomic mass is 79.9. The smallest absolute Gasteiger partial charge is 0.251 e. The Labute approximate surface area is 126 Å². The molecule has 1 amide bonds. The molecule has 5 nitrogen and oxygen atoms in total. The monoisotopic (exact) mass is 342 g/mol. The fourth-order valence-corrected chi connectivity index (χ4v) is 2.73. The van der Waals surface area contributed by atoms with Crippen molar-refractivity contribution < 1.29 is 14.3 Å². The molecule has 0 bridgehead atoms. The first-order chi connectivity index (χ1) is 9.55. The average molecular weight is 343 g/mol. The molecule has 1 aromatic rings. The number of hydrogen-bond acceptors (Lipinski definition) is 4. The largest absolute Gasteiger partial charge is 0.454 e. The summed E-state index contributed by atoms with van der Waals surface area (Å²) in [6, 6.07) is 3.42. The molecule has 3 N–H and O–H groups in total. The normalized spacial score (nSPS) is 13.4. The van der Waals surface area contributed by atoms with Gasteiger partial charge >= 0.3 is 0 Å². The molecule has 6 heteroatoms. The van der Waals surface area contributed by atoms with E-state index >= 15 is 0 Å². The molecule has 0 fully saturated rings. The number of nitrogens with two attached hydrogens (primary N) is 1. The Bertz CT molecular complexity index is 507. The maximum absolute atomic E-state index is 12.4. The Morgan fingerprint density at radius 3 is 2.70 bits per heavy atom. The summed E-state index contributed by atoms with van der Waals surface area (Å²) in [4.78, 5) is 12.4. The first-order valence-corrected chi connectivity index (χ1v) is 7.46. The number of carbonyl (C=O) groups is 1. The van der Waals surface area contributed by atoms with Gasteiger partial charge in [0.05, 0.1) is 10.0 Å². The highest BCUT2D eigenvalue weighted by Crippen LogP contribution is 2.40. The predicted molar refractivity (Wildman–Crippen MR) is 80.1 cm³/mol. The quantitative estimate of drug-likeness (QED) is 0.861. The van der Waals surface area contributed by atoms with E-state index in [1.54, 1.807) is 12.1 Å². The van der Waals surface area contributed by atoms with Gasteiger partial charge in [0.1, 0.15) is 0 Å². The molecule has 20 heavy (non-hydrogen) atoms. The third-order valence-corrected chi connectivity index (χ3v) is 4.40. The van der Waals surface area contributed by atoms with E-state index in [-0.39, 0.29) is 18.2 Å². The summed E-state index contributed by atoms with van der Waals surface area (Å²) in [6.45, 7) is 4.63. The zero-order valence-corrected chi connectivity index (χ0v) is 13.2. The summed E-state index contributed by atoms with van der Waals surface area (Å²) >= 11 is 3.39. The summed E-state index contributed by atoms with van der Waals surface area (Å²) in [6.07, 6.45) is 1.58. The van der Waals surface area contributed by atoms with Crippen molar-refractivity contribution in [1.82, 2.24) is 5.32 Å². The number of fused-ring (bicyclic) bond motifs is 1. The second-order valence-electron chi connectivity index (χ2n) is 4.84. The van der Waals surface area contributed by atoms with E-state index < -0.39 is 0 Å². The van der Waals surface area contributed by atoms with Gasteiger partial charge in [0.2, 0.25) is 6.79 Å². The van der Waals surface area contributed by atoms with Crippen LogP contribution in [0.1, 0.15) is 37.0 Å². The lowest BCUT2D eigenvalue weighted by atomic mass is 9.92. The van der Waals surface area contributed by atoms with E-state index in [0.717, 1.165) is 12.8 Å². The van der Waals surface area contributed by atoms with E-state index in [4.69, 9.17) is 15.2 Å². The SMILES string of the molecule is CCC(CC)(CN)NC(=O)c1cc(Br)c2c(c1)OCO2.